The van der Waals surface area contributed by atoms with Crippen LogP contribution in [0, 0.1) is 5.82 Å². The van der Waals surface area contributed by atoms with Crippen molar-refractivity contribution in [1.82, 2.24) is 4.90 Å². The van der Waals surface area contributed by atoms with E-state index in [0.717, 1.165) is 22.3 Å². The van der Waals surface area contributed by atoms with Crippen molar-refractivity contribution in [3.05, 3.63) is 64.4 Å². The van der Waals surface area contributed by atoms with Crippen LogP contribution in [-0.4, -0.2) is 16.6 Å². The second-order valence-corrected chi connectivity index (χ2v) is 5.89. The zero-order valence-electron chi connectivity index (χ0n) is 11.6. The summed E-state index contributed by atoms with van der Waals surface area (Å²) in [6.45, 7) is 3.35. The molecule has 0 saturated carbocycles. The lowest BCUT2D eigenvalue weighted by molar-refractivity contribution is 0.440. The third-order valence-corrected chi connectivity index (χ3v) is 3.86. The van der Waals surface area contributed by atoms with Crippen molar-refractivity contribution in [3.8, 4) is 0 Å². The lowest BCUT2D eigenvalue weighted by Gasteiger charge is -2.24. The molecule has 0 aliphatic rings. The minimum atomic E-state index is -0.227. The Morgan fingerprint density at radius 3 is 2.67 bits per heavy atom. The number of nitrogens with zero attached hydrogens (tertiary/aromatic N) is 1. The zero-order valence-corrected chi connectivity index (χ0v) is 14.0. The van der Waals surface area contributed by atoms with Crippen LogP contribution < -0.4 is 5.32 Å². The fraction of sp³-hybridized carbons (Fsp3) is 0.188. The van der Waals surface area contributed by atoms with E-state index in [9.17, 15) is 4.39 Å². The second-order valence-electron chi connectivity index (χ2n) is 4.58. The molecule has 0 spiro atoms. The van der Waals surface area contributed by atoms with Crippen molar-refractivity contribution in [1.29, 1.82) is 0 Å². The molecule has 2 rings (SSSR count). The predicted molar refractivity (Wildman–Crippen MR) is 92.8 cm³/mol. The van der Waals surface area contributed by atoms with Crippen LogP contribution in [0.5, 0.6) is 0 Å². The summed E-state index contributed by atoms with van der Waals surface area (Å²) in [6.07, 6.45) is 0. The monoisotopic (exact) mass is 366 g/mol. The Morgan fingerprint density at radius 1 is 1.24 bits per heavy atom. The molecule has 1 N–H and O–H groups in total. The van der Waals surface area contributed by atoms with E-state index in [2.05, 4.69) is 21.2 Å². The second kappa shape index (κ2) is 7.52. The van der Waals surface area contributed by atoms with Gasteiger partial charge in [0, 0.05) is 23.2 Å². The first-order valence-electron chi connectivity index (χ1n) is 6.64. The number of benzene rings is 2. The average molecular weight is 367 g/mol. The SMILES string of the molecule is CCN(Cc1cccc(F)c1)C(=S)Nc1cccc(Br)c1. The smallest absolute Gasteiger partial charge is 0.173 e. The van der Waals surface area contributed by atoms with Gasteiger partial charge in [-0.15, -0.1) is 0 Å². The van der Waals surface area contributed by atoms with Gasteiger partial charge in [0.1, 0.15) is 5.82 Å². The summed E-state index contributed by atoms with van der Waals surface area (Å²) in [5.74, 6) is -0.227. The topological polar surface area (TPSA) is 15.3 Å². The van der Waals surface area contributed by atoms with Crippen molar-refractivity contribution >= 4 is 38.9 Å². The van der Waals surface area contributed by atoms with Gasteiger partial charge in [-0.1, -0.05) is 34.1 Å². The van der Waals surface area contributed by atoms with E-state index in [-0.39, 0.29) is 5.82 Å². The van der Waals surface area contributed by atoms with Crippen LogP contribution >= 0.6 is 28.1 Å². The molecule has 21 heavy (non-hydrogen) atoms. The summed E-state index contributed by atoms with van der Waals surface area (Å²) >= 11 is 8.87. The first-order valence-corrected chi connectivity index (χ1v) is 7.84. The Labute approximate surface area is 138 Å². The van der Waals surface area contributed by atoms with Crippen LogP contribution in [0.15, 0.2) is 53.0 Å². The van der Waals surface area contributed by atoms with Crippen molar-refractivity contribution < 1.29 is 4.39 Å². The zero-order chi connectivity index (χ0) is 15.2. The number of nitrogens with one attached hydrogen (secondary N) is 1. The number of anilines is 1. The molecule has 0 atom stereocenters. The van der Waals surface area contributed by atoms with E-state index >= 15 is 0 Å². The number of hydrogen-bond donors (Lipinski definition) is 1. The van der Waals surface area contributed by atoms with Gasteiger partial charge in [-0.2, -0.15) is 0 Å². The highest BCUT2D eigenvalue weighted by atomic mass is 79.9. The first kappa shape index (κ1) is 15.9. The van der Waals surface area contributed by atoms with E-state index < -0.39 is 0 Å². The molecule has 0 fully saturated rings. The number of halogens is 2. The maximum atomic E-state index is 13.2. The molecule has 110 valence electrons. The van der Waals surface area contributed by atoms with Crippen molar-refractivity contribution in [2.75, 3.05) is 11.9 Å². The molecule has 0 radical (unpaired) electrons. The molecule has 0 aromatic heterocycles. The molecular formula is C16H16BrFN2S. The third kappa shape index (κ3) is 4.79. The lowest BCUT2D eigenvalue weighted by atomic mass is 10.2. The molecular weight excluding hydrogens is 351 g/mol. The Kier molecular flexibility index (Phi) is 5.70. The quantitative estimate of drug-likeness (QED) is 0.781. The van der Waals surface area contributed by atoms with Crippen LogP contribution in [0.4, 0.5) is 10.1 Å². The molecule has 5 heteroatoms. The molecule has 2 nitrogen and oxygen atoms in total. The van der Waals surface area contributed by atoms with Gasteiger partial charge in [0.15, 0.2) is 5.11 Å². The van der Waals surface area contributed by atoms with Gasteiger partial charge in [-0.3, -0.25) is 0 Å². The van der Waals surface area contributed by atoms with Crippen LogP contribution in [0.25, 0.3) is 0 Å². The van der Waals surface area contributed by atoms with E-state index in [0.29, 0.717) is 11.7 Å². The largest absolute Gasteiger partial charge is 0.345 e. The summed E-state index contributed by atoms with van der Waals surface area (Å²) in [5, 5.41) is 3.83. The number of rotatable bonds is 4. The minimum Gasteiger partial charge on any atom is -0.345 e. The fourth-order valence-electron chi connectivity index (χ4n) is 1.95. The summed E-state index contributed by atoms with van der Waals surface area (Å²) in [7, 11) is 0. The predicted octanol–water partition coefficient (Wildman–Crippen LogP) is 4.81. The van der Waals surface area contributed by atoms with Gasteiger partial charge in [-0.25, -0.2) is 4.39 Å². The van der Waals surface area contributed by atoms with Gasteiger partial charge in [0.2, 0.25) is 0 Å². The molecule has 0 amide bonds. The molecule has 0 aliphatic heterocycles. The average Bonchev–Trinajstić information content (AvgIpc) is 2.44. The van der Waals surface area contributed by atoms with Crippen LogP contribution in [0.2, 0.25) is 0 Å². The van der Waals surface area contributed by atoms with Gasteiger partial charge in [0.05, 0.1) is 0 Å². The van der Waals surface area contributed by atoms with Gasteiger partial charge in [-0.05, 0) is 55.0 Å². The Hall–Kier alpha value is -1.46. The van der Waals surface area contributed by atoms with Crippen LogP contribution in [-0.2, 0) is 6.54 Å². The van der Waals surface area contributed by atoms with E-state index in [1.165, 1.54) is 12.1 Å². The maximum Gasteiger partial charge on any atom is 0.173 e. The molecule has 0 saturated heterocycles. The van der Waals surface area contributed by atoms with Gasteiger partial charge in [0.25, 0.3) is 0 Å². The summed E-state index contributed by atoms with van der Waals surface area (Å²) in [4.78, 5) is 1.99. The van der Waals surface area contributed by atoms with Crippen molar-refractivity contribution in [2.45, 2.75) is 13.5 Å². The highest BCUT2D eigenvalue weighted by molar-refractivity contribution is 9.10. The molecule has 0 heterocycles. The maximum absolute atomic E-state index is 13.2. The summed E-state index contributed by atoms with van der Waals surface area (Å²) < 4.78 is 14.2. The van der Waals surface area contributed by atoms with E-state index in [4.69, 9.17) is 12.2 Å². The van der Waals surface area contributed by atoms with Gasteiger partial charge >= 0.3 is 0 Å². The molecule has 0 unspecified atom stereocenters. The fourth-order valence-corrected chi connectivity index (χ4v) is 2.66. The minimum absolute atomic E-state index is 0.227. The normalized spacial score (nSPS) is 10.2. The van der Waals surface area contributed by atoms with Gasteiger partial charge < -0.3 is 10.2 Å². The molecule has 2 aromatic rings. The summed E-state index contributed by atoms with van der Waals surface area (Å²) in [5.41, 5.74) is 1.82. The highest BCUT2D eigenvalue weighted by Gasteiger charge is 2.09. The Balaban J connectivity index is 2.05. The van der Waals surface area contributed by atoms with Crippen LogP contribution in [0.3, 0.4) is 0 Å². The van der Waals surface area contributed by atoms with E-state index in [1.54, 1.807) is 6.07 Å². The van der Waals surface area contributed by atoms with E-state index in [1.807, 2.05) is 42.2 Å². The third-order valence-electron chi connectivity index (χ3n) is 3.01. The Bertz CT molecular complexity index is 633. The summed E-state index contributed by atoms with van der Waals surface area (Å²) in [6, 6.07) is 14.4. The molecule has 0 aliphatic carbocycles. The Morgan fingerprint density at radius 2 is 2.00 bits per heavy atom. The number of thiocarbonyl (C=S) groups is 1. The van der Waals surface area contributed by atoms with Crippen molar-refractivity contribution in [2.24, 2.45) is 0 Å². The molecule has 0 bridgehead atoms. The van der Waals surface area contributed by atoms with Crippen molar-refractivity contribution in [3.63, 3.8) is 0 Å². The first-order chi connectivity index (χ1) is 10.1. The lowest BCUT2D eigenvalue weighted by Crippen LogP contribution is -2.34. The molecule has 2 aromatic carbocycles. The number of hydrogen-bond acceptors (Lipinski definition) is 1. The van der Waals surface area contributed by atoms with Crippen LogP contribution in [0.1, 0.15) is 12.5 Å². The highest BCUT2D eigenvalue weighted by Crippen LogP contribution is 2.16. The standard InChI is InChI=1S/C16H16BrFN2S/c1-2-20(11-12-5-3-7-14(18)9-12)16(21)19-15-8-4-6-13(17)10-15/h3-10H,2,11H2,1H3,(H,19,21).